The number of hydrogen-bond acceptors (Lipinski definition) is 2. The minimum Gasteiger partial charge on any atom is -0.308 e. The third-order valence-electron chi connectivity index (χ3n) is 3.23. The molecule has 2 heterocycles. The molecule has 2 aliphatic heterocycles. The summed E-state index contributed by atoms with van der Waals surface area (Å²) in [5, 5.41) is 0. The maximum Gasteiger partial charge on any atom is 0.229 e. The van der Waals surface area contributed by atoms with E-state index in [9.17, 15) is 9.59 Å². The average Bonchev–Trinajstić information content (AvgIpc) is 2.66. The molecule has 1 atom stereocenters. The number of benzene rings is 1. The van der Waals surface area contributed by atoms with Crippen LogP contribution in [0.2, 0.25) is 0 Å². The highest BCUT2D eigenvalue weighted by Crippen LogP contribution is 2.38. The third kappa shape index (κ3) is 1.21. The second-order valence-electron chi connectivity index (χ2n) is 4.19. The van der Waals surface area contributed by atoms with Crippen molar-refractivity contribution >= 4 is 17.9 Å². The zero-order valence-corrected chi connectivity index (χ0v) is 8.72. The van der Waals surface area contributed by atoms with Crippen molar-refractivity contribution in [3.05, 3.63) is 41.5 Å². The van der Waals surface area contributed by atoms with Gasteiger partial charge in [-0.25, -0.2) is 0 Å². The number of aldehydes is 1. The van der Waals surface area contributed by atoms with Gasteiger partial charge in [-0.1, -0.05) is 30.3 Å². The summed E-state index contributed by atoms with van der Waals surface area (Å²) >= 11 is 0. The molecule has 0 radical (unpaired) electrons. The lowest BCUT2D eigenvalue weighted by atomic mass is 10.0. The summed E-state index contributed by atoms with van der Waals surface area (Å²) in [5.41, 5.74) is 2.67. The van der Waals surface area contributed by atoms with Crippen LogP contribution in [0.4, 0.5) is 0 Å². The lowest BCUT2D eigenvalue weighted by molar-refractivity contribution is -0.139. The Labute approximate surface area is 93.4 Å². The van der Waals surface area contributed by atoms with Crippen LogP contribution in [-0.4, -0.2) is 23.1 Å². The van der Waals surface area contributed by atoms with E-state index < -0.39 is 0 Å². The molecule has 1 fully saturated rings. The molecule has 0 saturated carbocycles. The Morgan fingerprint density at radius 3 is 2.62 bits per heavy atom. The Balaban J connectivity index is 1.92. The number of carbonyl (C=O) groups excluding carboxylic acids is 2. The van der Waals surface area contributed by atoms with Crippen LogP contribution < -0.4 is 0 Å². The summed E-state index contributed by atoms with van der Waals surface area (Å²) in [5.74, 6) is 0.202. The number of β-lactam (4-membered cyclic amide) rings is 1. The lowest BCUT2D eigenvalue weighted by Crippen LogP contribution is -2.47. The smallest absolute Gasteiger partial charge is 0.229 e. The molecule has 16 heavy (non-hydrogen) atoms. The molecule has 1 saturated heterocycles. The van der Waals surface area contributed by atoms with Gasteiger partial charge in [-0.2, -0.15) is 0 Å². The molecule has 0 bridgehead atoms. The van der Waals surface area contributed by atoms with E-state index in [1.54, 1.807) is 12.1 Å². The quantitative estimate of drug-likeness (QED) is 0.555. The van der Waals surface area contributed by atoms with Gasteiger partial charge in [0, 0.05) is 23.7 Å². The van der Waals surface area contributed by atoms with Crippen LogP contribution in [-0.2, 0) is 4.79 Å². The molecule has 1 aromatic rings. The van der Waals surface area contributed by atoms with Gasteiger partial charge in [-0.05, 0) is 12.0 Å². The third-order valence-corrected chi connectivity index (χ3v) is 3.23. The normalized spacial score (nSPS) is 22.5. The molecule has 3 heteroatoms. The number of nitrogens with zero attached hydrogens (tertiary/aromatic N) is 1. The van der Waals surface area contributed by atoms with Gasteiger partial charge < -0.3 is 4.90 Å². The van der Waals surface area contributed by atoms with E-state index in [2.05, 4.69) is 6.08 Å². The van der Waals surface area contributed by atoms with Gasteiger partial charge >= 0.3 is 0 Å². The molecule has 0 unspecified atom stereocenters. The zero-order valence-electron chi connectivity index (χ0n) is 8.72. The number of fused-ring (bicyclic) bond motifs is 1. The molecular weight excluding hydrogens is 202 g/mol. The summed E-state index contributed by atoms with van der Waals surface area (Å²) in [6.07, 6.45) is 4.55. The highest BCUT2D eigenvalue weighted by Gasteiger charge is 2.41. The van der Waals surface area contributed by atoms with E-state index in [1.807, 2.05) is 17.0 Å². The highest BCUT2D eigenvalue weighted by atomic mass is 16.2. The van der Waals surface area contributed by atoms with Crippen molar-refractivity contribution < 1.29 is 9.59 Å². The van der Waals surface area contributed by atoms with Crippen LogP contribution in [0.3, 0.4) is 0 Å². The van der Waals surface area contributed by atoms with Crippen molar-refractivity contribution in [3.8, 4) is 0 Å². The van der Waals surface area contributed by atoms with Crippen molar-refractivity contribution in [3.63, 3.8) is 0 Å². The lowest BCUT2D eigenvalue weighted by Gasteiger charge is -2.36. The van der Waals surface area contributed by atoms with E-state index in [0.717, 1.165) is 24.0 Å². The topological polar surface area (TPSA) is 37.4 Å². The maximum absolute atomic E-state index is 11.4. The fraction of sp³-hybridized carbons (Fsp3) is 0.231. The Morgan fingerprint density at radius 2 is 2.00 bits per heavy atom. The Bertz CT molecular complexity index is 487. The number of hydrogen-bond donors (Lipinski definition) is 0. The fourth-order valence-corrected chi connectivity index (χ4v) is 2.34. The first-order chi connectivity index (χ1) is 7.79. The van der Waals surface area contributed by atoms with Crippen molar-refractivity contribution in [2.45, 2.75) is 18.9 Å². The molecule has 0 aromatic heterocycles. The van der Waals surface area contributed by atoms with Gasteiger partial charge in [-0.15, -0.1) is 0 Å². The molecule has 80 valence electrons. The Morgan fingerprint density at radius 1 is 1.25 bits per heavy atom. The average molecular weight is 213 g/mol. The van der Waals surface area contributed by atoms with Crippen LogP contribution in [0.25, 0.3) is 5.70 Å². The van der Waals surface area contributed by atoms with Crippen LogP contribution in [0, 0.1) is 0 Å². The molecule has 0 N–H and O–H groups in total. The Hall–Kier alpha value is -1.90. The first-order valence-corrected chi connectivity index (χ1v) is 5.37. The SMILES string of the molecule is O=Cc1ccc(C2=CC[C@@H]3CC(=O)N23)cc1. The summed E-state index contributed by atoms with van der Waals surface area (Å²) in [7, 11) is 0. The van der Waals surface area contributed by atoms with E-state index in [0.29, 0.717) is 18.0 Å². The standard InChI is InChI=1S/C13H11NO2/c15-8-9-1-3-10(4-2-9)12-6-5-11-7-13(16)14(11)12/h1-4,6,8,11H,5,7H2/t11-/m1/s1. The van der Waals surface area contributed by atoms with E-state index in [1.165, 1.54) is 0 Å². The maximum atomic E-state index is 11.4. The molecule has 0 spiro atoms. The van der Waals surface area contributed by atoms with Crippen LogP contribution >= 0.6 is 0 Å². The molecule has 2 aliphatic rings. The fourth-order valence-electron chi connectivity index (χ4n) is 2.34. The van der Waals surface area contributed by atoms with Crippen molar-refractivity contribution in [2.75, 3.05) is 0 Å². The minimum atomic E-state index is 0.202. The summed E-state index contributed by atoms with van der Waals surface area (Å²) in [4.78, 5) is 23.8. The van der Waals surface area contributed by atoms with Crippen LogP contribution in [0.1, 0.15) is 28.8 Å². The first-order valence-electron chi connectivity index (χ1n) is 5.37. The summed E-state index contributed by atoms with van der Waals surface area (Å²) in [6, 6.07) is 7.72. The Kier molecular flexibility index (Phi) is 1.93. The summed E-state index contributed by atoms with van der Waals surface area (Å²) < 4.78 is 0. The molecule has 1 aromatic carbocycles. The van der Waals surface area contributed by atoms with E-state index >= 15 is 0 Å². The van der Waals surface area contributed by atoms with Crippen LogP contribution in [0.5, 0.6) is 0 Å². The second kappa shape index (κ2) is 3.30. The van der Waals surface area contributed by atoms with Crippen molar-refractivity contribution in [1.82, 2.24) is 4.90 Å². The van der Waals surface area contributed by atoms with Gasteiger partial charge in [0.1, 0.15) is 6.29 Å². The largest absolute Gasteiger partial charge is 0.308 e. The number of rotatable bonds is 2. The minimum absolute atomic E-state index is 0.202. The van der Waals surface area contributed by atoms with Gasteiger partial charge in [-0.3, -0.25) is 9.59 Å². The predicted molar refractivity (Wildman–Crippen MR) is 59.7 cm³/mol. The van der Waals surface area contributed by atoms with Crippen molar-refractivity contribution in [2.24, 2.45) is 0 Å². The summed E-state index contributed by atoms with van der Waals surface area (Å²) in [6.45, 7) is 0. The molecule has 3 rings (SSSR count). The first kappa shape index (κ1) is 9.33. The zero-order chi connectivity index (χ0) is 11.1. The van der Waals surface area contributed by atoms with Gasteiger partial charge in [0.2, 0.25) is 5.91 Å². The van der Waals surface area contributed by atoms with Crippen LogP contribution in [0.15, 0.2) is 30.3 Å². The van der Waals surface area contributed by atoms with Gasteiger partial charge in [0.25, 0.3) is 0 Å². The second-order valence-corrected chi connectivity index (χ2v) is 4.19. The number of amides is 1. The molecular formula is C13H11NO2. The van der Waals surface area contributed by atoms with Gasteiger partial charge in [0.05, 0.1) is 0 Å². The molecule has 3 nitrogen and oxygen atoms in total. The van der Waals surface area contributed by atoms with Crippen molar-refractivity contribution in [1.29, 1.82) is 0 Å². The predicted octanol–water partition coefficient (Wildman–Crippen LogP) is 1.84. The van der Waals surface area contributed by atoms with E-state index in [4.69, 9.17) is 0 Å². The monoisotopic (exact) mass is 213 g/mol. The molecule has 0 aliphatic carbocycles. The molecule has 1 amide bonds. The van der Waals surface area contributed by atoms with E-state index in [-0.39, 0.29) is 5.91 Å². The number of carbonyl (C=O) groups is 2. The van der Waals surface area contributed by atoms with Gasteiger partial charge in [0.15, 0.2) is 0 Å². The highest BCUT2D eigenvalue weighted by molar-refractivity contribution is 5.94.